The second-order valence-electron chi connectivity index (χ2n) is 7.18. The molecule has 0 atom stereocenters. The fourth-order valence-corrected chi connectivity index (χ4v) is 3.04. The van der Waals surface area contributed by atoms with Gasteiger partial charge < -0.3 is 9.47 Å². The number of hydrogen-bond donors (Lipinski definition) is 0. The van der Waals surface area contributed by atoms with Crippen molar-refractivity contribution in [3.05, 3.63) is 65.2 Å². The van der Waals surface area contributed by atoms with E-state index in [-0.39, 0.29) is 5.78 Å². The highest BCUT2D eigenvalue weighted by Crippen LogP contribution is 2.17. The van der Waals surface area contributed by atoms with Gasteiger partial charge in [-0.1, -0.05) is 57.4 Å². The van der Waals surface area contributed by atoms with Crippen LogP contribution in [0.5, 0.6) is 5.75 Å². The summed E-state index contributed by atoms with van der Waals surface area (Å²) in [6.07, 6.45) is 7.80. The highest BCUT2D eigenvalue weighted by molar-refractivity contribution is 6.09. The monoisotopic (exact) mass is 382 g/mol. The third kappa shape index (κ3) is 7.85. The third-order valence-corrected chi connectivity index (χ3v) is 4.70. The van der Waals surface area contributed by atoms with E-state index in [4.69, 9.17) is 9.47 Å². The Hall–Kier alpha value is -2.13. The van der Waals surface area contributed by atoms with E-state index in [2.05, 4.69) is 13.8 Å². The Bertz CT molecular complexity index is 614. The average molecular weight is 383 g/mol. The van der Waals surface area contributed by atoms with E-state index in [0.29, 0.717) is 5.56 Å². The number of benzene rings is 2. The summed E-state index contributed by atoms with van der Waals surface area (Å²) in [6, 6.07) is 15.4. The van der Waals surface area contributed by atoms with Crippen LogP contribution < -0.4 is 4.74 Å². The maximum atomic E-state index is 12.7. The molecule has 0 saturated carbocycles. The predicted molar refractivity (Wildman–Crippen MR) is 115 cm³/mol. The molecule has 0 amide bonds. The zero-order valence-corrected chi connectivity index (χ0v) is 17.4. The summed E-state index contributed by atoms with van der Waals surface area (Å²) in [4.78, 5) is 12.7. The van der Waals surface area contributed by atoms with Crippen molar-refractivity contribution in [2.75, 3.05) is 19.8 Å². The Kier molecular flexibility index (Phi) is 10.4. The van der Waals surface area contributed by atoms with Gasteiger partial charge in [-0.25, -0.2) is 0 Å². The molecule has 0 bridgehead atoms. The molecule has 0 aliphatic carbocycles. The van der Waals surface area contributed by atoms with Crippen LogP contribution in [0.3, 0.4) is 0 Å². The largest absolute Gasteiger partial charge is 0.494 e. The minimum absolute atomic E-state index is 0.0484. The van der Waals surface area contributed by atoms with Crippen molar-refractivity contribution >= 4 is 5.78 Å². The van der Waals surface area contributed by atoms with E-state index in [0.717, 1.165) is 56.8 Å². The van der Waals surface area contributed by atoms with Gasteiger partial charge in [-0.15, -0.1) is 0 Å². The van der Waals surface area contributed by atoms with Crippen molar-refractivity contribution in [1.82, 2.24) is 0 Å². The molecule has 2 rings (SSSR count). The zero-order valence-electron chi connectivity index (χ0n) is 17.4. The Balaban J connectivity index is 1.80. The molecule has 3 heteroatoms. The molecule has 2 aromatic rings. The van der Waals surface area contributed by atoms with Crippen LogP contribution in [-0.4, -0.2) is 25.6 Å². The van der Waals surface area contributed by atoms with Crippen LogP contribution in [0.15, 0.2) is 48.5 Å². The van der Waals surface area contributed by atoms with Gasteiger partial charge in [-0.05, 0) is 55.5 Å². The summed E-state index contributed by atoms with van der Waals surface area (Å²) >= 11 is 0. The minimum Gasteiger partial charge on any atom is -0.494 e. The topological polar surface area (TPSA) is 35.5 Å². The Labute approximate surface area is 170 Å². The maximum absolute atomic E-state index is 12.7. The summed E-state index contributed by atoms with van der Waals surface area (Å²) in [5.41, 5.74) is 2.65. The fourth-order valence-electron chi connectivity index (χ4n) is 3.04. The molecular weight excluding hydrogens is 348 g/mol. The highest BCUT2D eigenvalue weighted by Gasteiger charge is 2.09. The first-order valence-electron chi connectivity index (χ1n) is 10.7. The molecule has 0 aliphatic heterocycles. The lowest BCUT2D eigenvalue weighted by molar-refractivity contribution is 0.103. The second kappa shape index (κ2) is 13.1. The van der Waals surface area contributed by atoms with E-state index < -0.39 is 0 Å². The van der Waals surface area contributed by atoms with Crippen molar-refractivity contribution in [2.45, 2.75) is 58.8 Å². The number of hydrogen-bond acceptors (Lipinski definition) is 3. The summed E-state index contributed by atoms with van der Waals surface area (Å²) in [7, 11) is 0. The molecule has 0 N–H and O–H groups in total. The van der Waals surface area contributed by atoms with Gasteiger partial charge in [0.2, 0.25) is 0 Å². The molecule has 2 aromatic carbocycles. The SMILES string of the molecule is CCCCCCOc1ccc(C(=O)c2ccc(CCCOCCC)cc2)cc1. The summed E-state index contributed by atoms with van der Waals surface area (Å²) in [5.74, 6) is 0.876. The van der Waals surface area contributed by atoms with Crippen LogP contribution in [-0.2, 0) is 11.2 Å². The lowest BCUT2D eigenvalue weighted by Gasteiger charge is -2.08. The lowest BCUT2D eigenvalue weighted by Crippen LogP contribution is -2.03. The Morgan fingerprint density at radius 3 is 2.04 bits per heavy atom. The first-order chi connectivity index (χ1) is 13.7. The molecule has 0 radical (unpaired) electrons. The molecule has 0 aromatic heterocycles. The second-order valence-corrected chi connectivity index (χ2v) is 7.18. The van der Waals surface area contributed by atoms with Crippen LogP contribution >= 0.6 is 0 Å². The number of carbonyl (C=O) groups is 1. The number of aryl methyl sites for hydroxylation is 1. The molecule has 0 fully saturated rings. The van der Waals surface area contributed by atoms with Gasteiger partial charge in [0.15, 0.2) is 5.78 Å². The van der Waals surface area contributed by atoms with Crippen LogP contribution in [0.1, 0.15) is 73.9 Å². The normalized spacial score (nSPS) is 10.8. The smallest absolute Gasteiger partial charge is 0.193 e. The van der Waals surface area contributed by atoms with E-state index in [1.165, 1.54) is 24.8 Å². The number of carbonyl (C=O) groups excluding carboxylic acids is 1. The van der Waals surface area contributed by atoms with Gasteiger partial charge in [-0.2, -0.15) is 0 Å². The van der Waals surface area contributed by atoms with Gasteiger partial charge >= 0.3 is 0 Å². The molecule has 0 saturated heterocycles. The van der Waals surface area contributed by atoms with Gasteiger partial charge in [0.05, 0.1) is 6.61 Å². The van der Waals surface area contributed by atoms with E-state index >= 15 is 0 Å². The molecule has 0 unspecified atom stereocenters. The summed E-state index contributed by atoms with van der Waals surface area (Å²) in [6.45, 7) is 6.68. The first-order valence-corrected chi connectivity index (χ1v) is 10.7. The standard InChI is InChI=1S/C25H34O3/c1-3-5-6-7-20-28-24-16-14-23(15-17-24)25(26)22-12-10-21(11-13-22)9-8-19-27-18-4-2/h10-17H,3-9,18-20H2,1-2H3. The number of unbranched alkanes of at least 4 members (excludes halogenated alkanes) is 3. The van der Waals surface area contributed by atoms with E-state index in [9.17, 15) is 4.79 Å². The molecule has 28 heavy (non-hydrogen) atoms. The molecule has 0 spiro atoms. The van der Waals surface area contributed by atoms with E-state index in [1.54, 1.807) is 0 Å². The van der Waals surface area contributed by atoms with Gasteiger partial charge in [0, 0.05) is 24.3 Å². The lowest BCUT2D eigenvalue weighted by atomic mass is 10.0. The van der Waals surface area contributed by atoms with Crippen LogP contribution in [0, 0.1) is 0 Å². The predicted octanol–water partition coefficient (Wildman–Crippen LogP) is 6.24. The number of ether oxygens (including phenoxy) is 2. The van der Waals surface area contributed by atoms with Crippen molar-refractivity contribution < 1.29 is 14.3 Å². The van der Waals surface area contributed by atoms with Crippen LogP contribution in [0.25, 0.3) is 0 Å². The summed E-state index contributed by atoms with van der Waals surface area (Å²) in [5, 5.41) is 0. The quantitative estimate of drug-likeness (QED) is 0.287. The number of rotatable bonds is 14. The third-order valence-electron chi connectivity index (χ3n) is 4.70. The van der Waals surface area contributed by atoms with E-state index in [1.807, 2.05) is 48.5 Å². The first kappa shape index (κ1) is 22.2. The van der Waals surface area contributed by atoms with Crippen molar-refractivity contribution in [3.8, 4) is 5.75 Å². The molecule has 152 valence electrons. The van der Waals surface area contributed by atoms with Crippen molar-refractivity contribution in [2.24, 2.45) is 0 Å². The Morgan fingerprint density at radius 2 is 1.39 bits per heavy atom. The summed E-state index contributed by atoms with van der Waals surface area (Å²) < 4.78 is 11.3. The van der Waals surface area contributed by atoms with Gasteiger partial charge in [0.25, 0.3) is 0 Å². The van der Waals surface area contributed by atoms with Crippen molar-refractivity contribution in [1.29, 1.82) is 0 Å². The van der Waals surface area contributed by atoms with Gasteiger partial charge in [-0.3, -0.25) is 4.79 Å². The molecule has 0 heterocycles. The molecule has 3 nitrogen and oxygen atoms in total. The van der Waals surface area contributed by atoms with Gasteiger partial charge in [0.1, 0.15) is 5.75 Å². The number of ketones is 1. The highest BCUT2D eigenvalue weighted by atomic mass is 16.5. The minimum atomic E-state index is 0.0484. The molecule has 0 aliphatic rings. The Morgan fingerprint density at radius 1 is 0.714 bits per heavy atom. The maximum Gasteiger partial charge on any atom is 0.193 e. The van der Waals surface area contributed by atoms with Crippen LogP contribution in [0.4, 0.5) is 0 Å². The zero-order chi connectivity index (χ0) is 20.0. The van der Waals surface area contributed by atoms with Crippen LogP contribution in [0.2, 0.25) is 0 Å². The van der Waals surface area contributed by atoms with Crippen molar-refractivity contribution in [3.63, 3.8) is 0 Å². The average Bonchev–Trinajstić information content (AvgIpc) is 2.74. The molecular formula is C25H34O3. The fraction of sp³-hybridized carbons (Fsp3) is 0.480.